The normalized spacial score (nSPS) is 23.4. The molecule has 1 saturated heterocycles. The van der Waals surface area contributed by atoms with Crippen LogP contribution in [0.1, 0.15) is 31.4 Å². The van der Waals surface area contributed by atoms with Gasteiger partial charge < -0.3 is 14.4 Å². The lowest BCUT2D eigenvalue weighted by Crippen LogP contribution is -2.47. The summed E-state index contributed by atoms with van der Waals surface area (Å²) in [5.74, 6) is 0.253. The van der Waals surface area contributed by atoms with E-state index in [0.29, 0.717) is 29.0 Å². The van der Waals surface area contributed by atoms with E-state index < -0.39 is 5.92 Å². The summed E-state index contributed by atoms with van der Waals surface area (Å²) in [6.07, 6.45) is 3.55. The molecule has 3 atom stereocenters. The predicted octanol–water partition coefficient (Wildman–Crippen LogP) is 4.11. The van der Waals surface area contributed by atoms with Gasteiger partial charge in [-0.25, -0.2) is 9.67 Å². The van der Waals surface area contributed by atoms with E-state index >= 15 is 0 Å². The molecule has 2 aliphatic heterocycles. The van der Waals surface area contributed by atoms with Crippen LogP contribution in [0.2, 0.25) is 10.0 Å². The summed E-state index contributed by atoms with van der Waals surface area (Å²) in [7, 11) is 1.59. The third-order valence-corrected chi connectivity index (χ3v) is 6.43. The fourth-order valence-electron chi connectivity index (χ4n) is 4.32. The molecule has 0 N–H and O–H groups in total. The van der Waals surface area contributed by atoms with E-state index in [1.54, 1.807) is 24.1 Å². The maximum absolute atomic E-state index is 13.8. The summed E-state index contributed by atoms with van der Waals surface area (Å²) in [5, 5.41) is 5.38. The first kappa shape index (κ1) is 21.3. The number of hydrogen-bond donors (Lipinski definition) is 0. The molecule has 7 nitrogen and oxygen atoms in total. The molecule has 0 bridgehead atoms. The second-order valence-corrected chi connectivity index (χ2v) is 8.40. The zero-order valence-electron chi connectivity index (χ0n) is 16.9. The van der Waals surface area contributed by atoms with Gasteiger partial charge in [0.2, 0.25) is 5.91 Å². The minimum absolute atomic E-state index is 0.0222. The Morgan fingerprint density at radius 3 is 2.87 bits per heavy atom. The lowest BCUT2D eigenvalue weighted by Gasteiger charge is -2.35. The van der Waals surface area contributed by atoms with Crippen molar-refractivity contribution in [1.82, 2.24) is 14.7 Å². The molecule has 0 spiro atoms. The highest BCUT2D eigenvalue weighted by atomic mass is 35.5. The quantitative estimate of drug-likeness (QED) is 0.490. The van der Waals surface area contributed by atoms with Gasteiger partial charge in [0.1, 0.15) is 12.7 Å². The van der Waals surface area contributed by atoms with Gasteiger partial charge in [-0.05, 0) is 37.5 Å². The van der Waals surface area contributed by atoms with Gasteiger partial charge in [0, 0.05) is 25.4 Å². The highest BCUT2D eigenvalue weighted by Crippen LogP contribution is 2.39. The Hall–Kier alpha value is -1.93. The minimum Gasteiger partial charge on any atom is -0.359 e. The fraction of sp³-hybridized carbons (Fsp3) is 0.476. The van der Waals surface area contributed by atoms with E-state index in [-0.39, 0.29) is 24.8 Å². The average molecular weight is 451 g/mol. The van der Waals surface area contributed by atoms with E-state index in [4.69, 9.17) is 32.7 Å². The van der Waals surface area contributed by atoms with Crippen LogP contribution >= 0.6 is 23.2 Å². The molecule has 0 saturated carbocycles. The summed E-state index contributed by atoms with van der Waals surface area (Å²) in [5.41, 5.74) is 1.63. The topological polar surface area (TPSA) is 69.0 Å². The highest BCUT2D eigenvalue weighted by molar-refractivity contribution is 6.42. The van der Waals surface area contributed by atoms with E-state index in [9.17, 15) is 4.79 Å². The van der Waals surface area contributed by atoms with Crippen molar-refractivity contribution >= 4 is 40.6 Å². The molecule has 30 heavy (non-hydrogen) atoms. The standard InChI is InChI=1S/C21H24Cl2N4O3/c1-13-19(21(28)26-9-3-4-15(26)11-30-12-29-2)20(27-18(25-13)7-8-24-27)14-5-6-16(22)17(23)10-14/h5-8,10,15,19-20H,3-4,9,11-12H2,1-2H3/t15-,19?,20?/m0/s1. The van der Waals surface area contributed by atoms with Gasteiger partial charge in [-0.2, -0.15) is 5.10 Å². The molecule has 2 unspecified atom stereocenters. The van der Waals surface area contributed by atoms with Gasteiger partial charge in [-0.15, -0.1) is 0 Å². The molecule has 9 heteroatoms. The zero-order chi connectivity index (χ0) is 21.3. The fourth-order valence-corrected chi connectivity index (χ4v) is 4.63. The number of hydrogen-bond acceptors (Lipinski definition) is 5. The van der Waals surface area contributed by atoms with Gasteiger partial charge in [0.15, 0.2) is 5.82 Å². The monoisotopic (exact) mass is 450 g/mol. The Morgan fingerprint density at radius 1 is 1.27 bits per heavy atom. The number of ether oxygens (including phenoxy) is 2. The summed E-state index contributed by atoms with van der Waals surface area (Å²) < 4.78 is 12.3. The van der Waals surface area contributed by atoms with Crippen LogP contribution in [-0.4, -0.2) is 59.4 Å². The lowest BCUT2D eigenvalue weighted by molar-refractivity contribution is -0.137. The first-order valence-corrected chi connectivity index (χ1v) is 10.7. The molecule has 1 fully saturated rings. The number of halogens is 2. The summed E-state index contributed by atoms with van der Waals surface area (Å²) in [6.45, 7) is 3.26. The van der Waals surface area contributed by atoms with Crippen LogP contribution in [0.5, 0.6) is 0 Å². The van der Waals surface area contributed by atoms with Gasteiger partial charge in [0.05, 0.1) is 34.9 Å². The molecular formula is C21H24Cl2N4O3. The third kappa shape index (κ3) is 3.99. The predicted molar refractivity (Wildman–Crippen MR) is 116 cm³/mol. The van der Waals surface area contributed by atoms with Gasteiger partial charge in [-0.1, -0.05) is 29.3 Å². The lowest BCUT2D eigenvalue weighted by atomic mass is 9.87. The number of likely N-dealkylation sites (tertiary alicyclic amines) is 1. The van der Waals surface area contributed by atoms with Crippen LogP contribution in [0.3, 0.4) is 0 Å². The average Bonchev–Trinajstić information content (AvgIpc) is 3.38. The molecular weight excluding hydrogens is 427 g/mol. The molecule has 4 rings (SSSR count). The molecule has 0 aliphatic carbocycles. The molecule has 1 amide bonds. The molecule has 0 radical (unpaired) electrons. The largest absolute Gasteiger partial charge is 0.359 e. The Kier molecular flexibility index (Phi) is 6.43. The van der Waals surface area contributed by atoms with Crippen molar-refractivity contribution < 1.29 is 14.3 Å². The van der Waals surface area contributed by atoms with Crippen LogP contribution in [-0.2, 0) is 14.3 Å². The maximum atomic E-state index is 13.8. The third-order valence-electron chi connectivity index (χ3n) is 5.69. The number of carbonyl (C=O) groups is 1. The number of benzene rings is 1. The molecule has 2 aliphatic rings. The molecule has 3 heterocycles. The van der Waals surface area contributed by atoms with Crippen LogP contribution in [0.15, 0.2) is 35.5 Å². The van der Waals surface area contributed by atoms with Gasteiger partial charge in [-0.3, -0.25) is 4.79 Å². The summed E-state index contributed by atoms with van der Waals surface area (Å²) >= 11 is 12.4. The van der Waals surface area contributed by atoms with Crippen LogP contribution in [0, 0.1) is 5.92 Å². The molecule has 160 valence electrons. The Balaban J connectivity index is 1.69. The first-order valence-electron chi connectivity index (χ1n) is 9.92. The first-order chi connectivity index (χ1) is 14.5. The number of aliphatic imine (C=N–C) groups is 1. The molecule has 2 aromatic rings. The summed E-state index contributed by atoms with van der Waals surface area (Å²) in [6, 6.07) is 6.97. The maximum Gasteiger partial charge on any atom is 0.234 e. The molecule has 1 aromatic heterocycles. The van der Waals surface area contributed by atoms with Crippen LogP contribution in [0.4, 0.5) is 5.82 Å². The van der Waals surface area contributed by atoms with Crippen LogP contribution in [0.25, 0.3) is 0 Å². The van der Waals surface area contributed by atoms with Crippen molar-refractivity contribution in [2.45, 2.75) is 31.8 Å². The van der Waals surface area contributed by atoms with Crippen LogP contribution < -0.4 is 0 Å². The number of fused-ring (bicyclic) bond motifs is 1. The number of nitrogens with zero attached hydrogens (tertiary/aromatic N) is 4. The van der Waals surface area contributed by atoms with Gasteiger partial charge >= 0.3 is 0 Å². The number of amides is 1. The van der Waals surface area contributed by atoms with Crippen molar-refractivity contribution in [1.29, 1.82) is 0 Å². The summed E-state index contributed by atoms with van der Waals surface area (Å²) in [4.78, 5) is 20.3. The molecule has 1 aromatic carbocycles. The van der Waals surface area contributed by atoms with Crippen molar-refractivity contribution in [3.05, 3.63) is 46.1 Å². The van der Waals surface area contributed by atoms with E-state index in [1.807, 2.05) is 30.0 Å². The second-order valence-electron chi connectivity index (χ2n) is 7.59. The van der Waals surface area contributed by atoms with E-state index in [1.165, 1.54) is 0 Å². The Bertz CT molecular complexity index is 961. The zero-order valence-corrected chi connectivity index (χ0v) is 18.4. The van der Waals surface area contributed by atoms with Crippen molar-refractivity contribution in [3.63, 3.8) is 0 Å². The van der Waals surface area contributed by atoms with Crippen molar-refractivity contribution in [2.75, 3.05) is 27.1 Å². The number of rotatable bonds is 6. The Labute approximate surface area is 185 Å². The van der Waals surface area contributed by atoms with Crippen molar-refractivity contribution in [3.8, 4) is 0 Å². The van der Waals surface area contributed by atoms with E-state index in [0.717, 1.165) is 24.1 Å². The minimum atomic E-state index is -0.488. The Morgan fingerprint density at radius 2 is 2.10 bits per heavy atom. The van der Waals surface area contributed by atoms with Crippen molar-refractivity contribution in [2.24, 2.45) is 10.9 Å². The SMILES string of the molecule is COCOC[C@@H]1CCCN1C(=O)C1C(C)=Nc2ccnn2C1c1ccc(Cl)c(Cl)c1. The van der Waals surface area contributed by atoms with Gasteiger partial charge in [0.25, 0.3) is 0 Å². The smallest absolute Gasteiger partial charge is 0.234 e. The number of methoxy groups -OCH3 is 1. The van der Waals surface area contributed by atoms with E-state index in [2.05, 4.69) is 10.1 Å². The second kappa shape index (κ2) is 9.06. The highest BCUT2D eigenvalue weighted by Gasteiger charge is 2.42. The number of aromatic nitrogens is 2. The number of carbonyl (C=O) groups excluding carboxylic acids is 1.